The zero-order valence-corrected chi connectivity index (χ0v) is 24.4. The number of carbonyl (C=O) groups is 2. The highest BCUT2D eigenvalue weighted by Gasteiger charge is 2.20. The zero-order chi connectivity index (χ0) is 27.8. The summed E-state index contributed by atoms with van der Waals surface area (Å²) in [6, 6.07) is 15.5. The second-order valence-corrected chi connectivity index (χ2v) is 11.0. The van der Waals surface area contributed by atoms with E-state index >= 15 is 0 Å². The van der Waals surface area contributed by atoms with Gasteiger partial charge in [0, 0.05) is 6.42 Å². The Morgan fingerprint density at radius 1 is 0.737 bits per heavy atom. The van der Waals surface area contributed by atoms with Gasteiger partial charge in [0.2, 0.25) is 5.91 Å². The summed E-state index contributed by atoms with van der Waals surface area (Å²) in [6.07, 6.45) is 10.9. The van der Waals surface area contributed by atoms with Gasteiger partial charge in [-0.2, -0.15) is 0 Å². The minimum absolute atomic E-state index is 0.00180. The van der Waals surface area contributed by atoms with Gasteiger partial charge < -0.3 is 10.1 Å². The number of carbonyl (C=O) groups excluding carboxylic acids is 2. The van der Waals surface area contributed by atoms with Crippen LogP contribution < -0.4 is 10.6 Å². The monoisotopic (exact) mass is 522 g/mol. The van der Waals surface area contributed by atoms with Crippen LogP contribution in [0.1, 0.15) is 133 Å². The van der Waals surface area contributed by atoms with Gasteiger partial charge in [0.1, 0.15) is 6.61 Å². The number of para-hydroxylation sites is 1. The molecule has 5 heteroatoms. The fourth-order valence-electron chi connectivity index (χ4n) is 4.76. The Morgan fingerprint density at radius 3 is 1.84 bits per heavy atom. The van der Waals surface area contributed by atoms with Gasteiger partial charge in [0.05, 0.1) is 11.7 Å². The molecule has 0 spiro atoms. The van der Waals surface area contributed by atoms with Gasteiger partial charge in [0.25, 0.3) is 0 Å². The van der Waals surface area contributed by atoms with Gasteiger partial charge in [-0.05, 0) is 34.9 Å². The summed E-state index contributed by atoms with van der Waals surface area (Å²) < 4.78 is 5.67. The van der Waals surface area contributed by atoms with E-state index in [9.17, 15) is 9.59 Å². The van der Waals surface area contributed by atoms with Crippen LogP contribution in [0.2, 0.25) is 0 Å². The molecule has 2 N–H and O–H groups in total. The molecule has 0 aliphatic carbocycles. The Hall–Kier alpha value is -2.82. The molecule has 0 saturated carbocycles. The molecule has 0 bridgehead atoms. The van der Waals surface area contributed by atoms with Crippen LogP contribution in [-0.4, -0.2) is 18.6 Å². The van der Waals surface area contributed by atoms with Crippen molar-refractivity contribution < 1.29 is 14.3 Å². The van der Waals surface area contributed by atoms with Crippen LogP contribution >= 0.6 is 0 Å². The smallest absolute Gasteiger partial charge is 0.411 e. The van der Waals surface area contributed by atoms with Crippen LogP contribution in [0.5, 0.6) is 0 Å². The Bertz CT molecular complexity index is 930. The number of hydrogen-bond acceptors (Lipinski definition) is 3. The van der Waals surface area contributed by atoms with Crippen LogP contribution in [0.4, 0.5) is 10.5 Å². The zero-order valence-electron chi connectivity index (χ0n) is 24.4. The lowest BCUT2D eigenvalue weighted by Crippen LogP contribution is -2.32. The normalized spacial score (nSPS) is 12.0. The number of unbranched alkanes of at least 4 members (excludes halogenated alkanes) is 8. The van der Waals surface area contributed by atoms with Crippen LogP contribution in [0.15, 0.2) is 48.5 Å². The number of amides is 2. The molecule has 5 nitrogen and oxygen atoms in total. The second-order valence-electron chi connectivity index (χ2n) is 11.0. The van der Waals surface area contributed by atoms with Crippen LogP contribution in [-0.2, 0) is 9.53 Å². The summed E-state index contributed by atoms with van der Waals surface area (Å²) >= 11 is 0. The molecule has 2 aromatic carbocycles. The van der Waals surface area contributed by atoms with Crippen molar-refractivity contribution in [2.75, 3.05) is 11.9 Å². The first kappa shape index (κ1) is 31.4. The summed E-state index contributed by atoms with van der Waals surface area (Å²) in [7, 11) is 0. The van der Waals surface area contributed by atoms with E-state index in [-0.39, 0.29) is 24.3 Å². The van der Waals surface area contributed by atoms with Gasteiger partial charge >= 0.3 is 6.09 Å². The first-order valence-electron chi connectivity index (χ1n) is 14.7. The van der Waals surface area contributed by atoms with Gasteiger partial charge in [0.15, 0.2) is 0 Å². The maximum atomic E-state index is 12.9. The summed E-state index contributed by atoms with van der Waals surface area (Å²) in [5.74, 6) is 0.529. The van der Waals surface area contributed by atoms with Crippen molar-refractivity contribution in [1.82, 2.24) is 5.32 Å². The van der Waals surface area contributed by atoms with E-state index < -0.39 is 12.1 Å². The fraction of sp³-hybridized carbons (Fsp3) is 0.576. The SMILES string of the molecule is CCCCCCCCCCCC(=O)N[C@@H](COC(=O)Nc1c(C(C)C)cccc1C(C)C)c1ccccc1. The minimum Gasteiger partial charge on any atom is -0.447 e. The largest absolute Gasteiger partial charge is 0.447 e. The standard InChI is InChI=1S/C33H50N2O3/c1-6-7-8-9-10-11-12-13-17-23-31(36)34-30(27-19-15-14-16-20-27)24-38-33(37)35-32-28(25(2)3)21-18-22-29(32)26(4)5/h14-16,18-22,25-26,30H,6-13,17,23-24H2,1-5H3,(H,34,36)(H,35,37)/t30-/m0/s1. The number of nitrogens with one attached hydrogen (secondary N) is 2. The Balaban J connectivity index is 1.90. The molecule has 0 aromatic heterocycles. The molecule has 1 atom stereocenters. The molecule has 0 aliphatic heterocycles. The lowest BCUT2D eigenvalue weighted by molar-refractivity contribution is -0.122. The lowest BCUT2D eigenvalue weighted by Gasteiger charge is -2.22. The molecule has 0 saturated heterocycles. The van der Waals surface area contributed by atoms with Crippen molar-refractivity contribution in [3.63, 3.8) is 0 Å². The van der Waals surface area contributed by atoms with E-state index in [2.05, 4.69) is 45.3 Å². The topological polar surface area (TPSA) is 67.4 Å². The van der Waals surface area contributed by atoms with Crippen LogP contribution in [0.3, 0.4) is 0 Å². The molecule has 38 heavy (non-hydrogen) atoms. The number of anilines is 1. The Labute approximate surface area is 231 Å². The van der Waals surface area contributed by atoms with Crippen molar-refractivity contribution in [2.45, 2.75) is 117 Å². The molecule has 2 amide bonds. The number of hydrogen-bond donors (Lipinski definition) is 2. The Kier molecular flexibility index (Phi) is 14.6. The van der Waals surface area contributed by atoms with E-state index in [1.54, 1.807) is 0 Å². The highest BCUT2D eigenvalue weighted by molar-refractivity contribution is 5.87. The van der Waals surface area contributed by atoms with Gasteiger partial charge in [-0.15, -0.1) is 0 Å². The first-order chi connectivity index (χ1) is 18.3. The number of rotatable bonds is 17. The molecular weight excluding hydrogens is 472 g/mol. The van der Waals surface area contributed by atoms with Crippen molar-refractivity contribution in [2.24, 2.45) is 0 Å². The van der Waals surface area contributed by atoms with Gasteiger partial charge in [-0.1, -0.05) is 135 Å². The molecule has 0 heterocycles. The predicted octanol–water partition coefficient (Wildman–Crippen LogP) is 9.26. The minimum atomic E-state index is -0.505. The first-order valence-corrected chi connectivity index (χ1v) is 14.7. The van der Waals surface area contributed by atoms with Crippen LogP contribution in [0.25, 0.3) is 0 Å². The maximum absolute atomic E-state index is 12.9. The summed E-state index contributed by atoms with van der Waals surface area (Å²) in [5, 5.41) is 6.09. The van der Waals surface area contributed by atoms with Crippen molar-refractivity contribution in [3.8, 4) is 0 Å². The summed E-state index contributed by atoms with van der Waals surface area (Å²) in [6.45, 7) is 10.8. The Morgan fingerprint density at radius 2 is 1.29 bits per heavy atom. The lowest BCUT2D eigenvalue weighted by atomic mass is 9.93. The predicted molar refractivity (Wildman–Crippen MR) is 159 cm³/mol. The van der Waals surface area contributed by atoms with E-state index in [1.165, 1.54) is 44.9 Å². The van der Waals surface area contributed by atoms with Crippen molar-refractivity contribution >= 4 is 17.7 Å². The van der Waals surface area contributed by atoms with Crippen molar-refractivity contribution in [3.05, 3.63) is 65.2 Å². The highest BCUT2D eigenvalue weighted by atomic mass is 16.5. The van der Waals surface area contributed by atoms with Crippen LogP contribution in [0, 0.1) is 0 Å². The van der Waals surface area contributed by atoms with Gasteiger partial charge in [-0.25, -0.2) is 4.79 Å². The molecule has 0 aliphatic rings. The van der Waals surface area contributed by atoms with Gasteiger partial charge in [-0.3, -0.25) is 10.1 Å². The van der Waals surface area contributed by atoms with E-state index in [0.29, 0.717) is 6.42 Å². The van der Waals surface area contributed by atoms with E-state index in [1.807, 2.05) is 48.5 Å². The average molecular weight is 523 g/mol. The molecule has 0 radical (unpaired) electrons. The van der Waals surface area contributed by atoms with E-state index in [0.717, 1.165) is 35.2 Å². The van der Waals surface area contributed by atoms with E-state index in [4.69, 9.17) is 4.74 Å². The molecule has 0 fully saturated rings. The maximum Gasteiger partial charge on any atom is 0.411 e. The van der Waals surface area contributed by atoms with Crippen molar-refractivity contribution in [1.29, 1.82) is 0 Å². The summed E-state index contributed by atoms with van der Waals surface area (Å²) in [5.41, 5.74) is 3.92. The number of ether oxygens (including phenoxy) is 1. The molecule has 0 unspecified atom stereocenters. The third-order valence-electron chi connectivity index (χ3n) is 7.03. The third-order valence-corrected chi connectivity index (χ3v) is 7.03. The third kappa shape index (κ3) is 11.3. The number of benzene rings is 2. The quantitative estimate of drug-likeness (QED) is 0.203. The fourth-order valence-corrected chi connectivity index (χ4v) is 4.76. The molecule has 2 aromatic rings. The molecule has 2 rings (SSSR count). The average Bonchev–Trinajstić information content (AvgIpc) is 2.90. The highest BCUT2D eigenvalue weighted by Crippen LogP contribution is 2.32. The summed E-state index contributed by atoms with van der Waals surface area (Å²) in [4.78, 5) is 25.6. The molecule has 210 valence electrons. The second kappa shape index (κ2) is 17.6. The molecular formula is C33H50N2O3.